The van der Waals surface area contributed by atoms with Crippen molar-refractivity contribution >= 4 is 45.7 Å². The van der Waals surface area contributed by atoms with Gasteiger partial charge >= 0.3 is 0 Å². The van der Waals surface area contributed by atoms with Gasteiger partial charge in [-0.2, -0.15) is 0 Å². The Bertz CT molecular complexity index is 1060. The Balaban J connectivity index is 1.50. The number of methoxy groups -OCH3 is 2. The van der Waals surface area contributed by atoms with Crippen LogP contribution in [0.5, 0.6) is 11.5 Å². The molecule has 3 rings (SSSR count). The van der Waals surface area contributed by atoms with Gasteiger partial charge < -0.3 is 14.8 Å². The lowest BCUT2D eigenvalue weighted by molar-refractivity contribution is -0.113. The van der Waals surface area contributed by atoms with Gasteiger partial charge in [0.05, 0.1) is 20.0 Å². The van der Waals surface area contributed by atoms with Crippen molar-refractivity contribution in [1.29, 1.82) is 0 Å². The number of nitrogens with one attached hydrogen (secondary N) is 2. The summed E-state index contributed by atoms with van der Waals surface area (Å²) in [5.41, 5.74) is 2.40. The summed E-state index contributed by atoms with van der Waals surface area (Å²) >= 11 is 2.46. The third kappa shape index (κ3) is 7.47. The third-order valence-corrected chi connectivity index (χ3v) is 6.60. The number of aromatic nitrogens is 2. The van der Waals surface area contributed by atoms with Gasteiger partial charge in [-0.3, -0.25) is 14.9 Å². The van der Waals surface area contributed by atoms with Crippen molar-refractivity contribution in [2.45, 2.75) is 30.5 Å². The van der Waals surface area contributed by atoms with Gasteiger partial charge in [0.1, 0.15) is 11.5 Å². The maximum Gasteiger partial charge on any atom is 0.257 e. The van der Waals surface area contributed by atoms with Crippen LogP contribution in [0, 0.1) is 0 Å². The molecule has 33 heavy (non-hydrogen) atoms. The Hall–Kier alpha value is -3.11. The Labute approximate surface area is 201 Å². The number of hydrogen-bond donors (Lipinski definition) is 2. The first-order chi connectivity index (χ1) is 16.0. The largest absolute Gasteiger partial charge is 0.497 e. The van der Waals surface area contributed by atoms with Crippen molar-refractivity contribution < 1.29 is 19.1 Å². The van der Waals surface area contributed by atoms with Crippen LogP contribution in [0.4, 0.5) is 10.8 Å². The number of hydrogen-bond acceptors (Lipinski definition) is 8. The van der Waals surface area contributed by atoms with Gasteiger partial charge in [0.25, 0.3) is 5.91 Å². The topological polar surface area (TPSA) is 102 Å². The van der Waals surface area contributed by atoms with E-state index in [1.165, 1.54) is 42.9 Å². The van der Waals surface area contributed by atoms with Gasteiger partial charge in [0, 0.05) is 17.3 Å². The lowest BCUT2D eigenvalue weighted by Gasteiger charge is -2.07. The molecule has 1 heterocycles. The van der Waals surface area contributed by atoms with E-state index in [2.05, 4.69) is 27.8 Å². The van der Waals surface area contributed by atoms with E-state index in [0.717, 1.165) is 24.9 Å². The molecule has 2 amide bonds. The average Bonchev–Trinajstić information content (AvgIpc) is 3.29. The Morgan fingerprint density at radius 1 is 1.00 bits per heavy atom. The number of unbranched alkanes of at least 4 members (excludes halogenated alkanes) is 1. The average molecular weight is 487 g/mol. The number of ether oxygens (including phenoxy) is 2. The van der Waals surface area contributed by atoms with Crippen LogP contribution in [-0.4, -0.2) is 42.0 Å². The number of benzene rings is 2. The number of anilines is 2. The molecule has 3 aromatic rings. The number of nitrogens with zero attached hydrogens (tertiary/aromatic N) is 2. The summed E-state index contributed by atoms with van der Waals surface area (Å²) < 4.78 is 11.0. The van der Waals surface area contributed by atoms with Gasteiger partial charge in [-0.25, -0.2) is 0 Å². The molecule has 0 saturated carbocycles. The highest BCUT2D eigenvalue weighted by Gasteiger charge is 2.14. The summed E-state index contributed by atoms with van der Waals surface area (Å²) in [4.78, 5) is 24.8. The quantitative estimate of drug-likeness (QED) is 0.294. The molecule has 8 nitrogen and oxygen atoms in total. The van der Waals surface area contributed by atoms with E-state index < -0.39 is 0 Å². The van der Waals surface area contributed by atoms with Gasteiger partial charge in [0.15, 0.2) is 4.34 Å². The maximum atomic E-state index is 12.6. The van der Waals surface area contributed by atoms with Crippen molar-refractivity contribution in [1.82, 2.24) is 10.2 Å². The fourth-order valence-corrected chi connectivity index (χ4v) is 4.43. The van der Waals surface area contributed by atoms with E-state index in [1.807, 2.05) is 24.3 Å². The van der Waals surface area contributed by atoms with Crippen molar-refractivity contribution in [3.8, 4) is 11.5 Å². The minimum Gasteiger partial charge on any atom is -0.497 e. The predicted molar refractivity (Wildman–Crippen MR) is 132 cm³/mol. The summed E-state index contributed by atoms with van der Waals surface area (Å²) in [5, 5.41) is 14.0. The van der Waals surface area contributed by atoms with Crippen LogP contribution in [0.1, 0.15) is 35.7 Å². The summed E-state index contributed by atoms with van der Waals surface area (Å²) in [7, 11) is 3.03. The van der Waals surface area contributed by atoms with Crippen molar-refractivity contribution in [3.05, 3.63) is 53.6 Å². The van der Waals surface area contributed by atoms with Gasteiger partial charge in [-0.1, -0.05) is 48.6 Å². The molecule has 0 saturated heterocycles. The molecule has 0 atom stereocenters. The zero-order chi connectivity index (χ0) is 23.6. The van der Waals surface area contributed by atoms with E-state index in [0.29, 0.717) is 26.5 Å². The summed E-state index contributed by atoms with van der Waals surface area (Å²) in [6.45, 7) is 2.17. The molecule has 2 aromatic carbocycles. The number of thioether (sulfide) groups is 1. The van der Waals surface area contributed by atoms with Crippen LogP contribution in [0.2, 0.25) is 0 Å². The molecular formula is C23H26N4O4S2. The van der Waals surface area contributed by atoms with Crippen LogP contribution in [0.15, 0.2) is 46.8 Å². The van der Waals surface area contributed by atoms with Crippen LogP contribution < -0.4 is 20.1 Å². The molecule has 10 heteroatoms. The Morgan fingerprint density at radius 2 is 1.70 bits per heavy atom. The number of amides is 2. The predicted octanol–water partition coefficient (Wildman–Crippen LogP) is 4.88. The highest BCUT2D eigenvalue weighted by Crippen LogP contribution is 2.27. The highest BCUT2D eigenvalue weighted by atomic mass is 32.2. The molecule has 0 aliphatic carbocycles. The van der Waals surface area contributed by atoms with E-state index in [-0.39, 0.29) is 17.6 Å². The van der Waals surface area contributed by atoms with Crippen LogP contribution in [0.3, 0.4) is 0 Å². The molecule has 0 aliphatic rings. The number of aryl methyl sites for hydroxylation is 1. The van der Waals surface area contributed by atoms with Crippen LogP contribution in [-0.2, 0) is 11.2 Å². The molecule has 1 aromatic heterocycles. The van der Waals surface area contributed by atoms with E-state index in [1.54, 1.807) is 18.2 Å². The lowest BCUT2D eigenvalue weighted by atomic mass is 10.1. The van der Waals surface area contributed by atoms with Crippen molar-refractivity contribution in [2.75, 3.05) is 30.6 Å². The summed E-state index contributed by atoms with van der Waals surface area (Å²) in [6, 6.07) is 12.8. The standard InChI is InChI=1S/C23H26N4O4S2/c1-4-5-6-15-7-9-17(10-8-15)24-20(28)14-32-23-27-26-22(33-23)25-21(29)16-11-18(30-2)13-19(12-16)31-3/h7-13H,4-6,14H2,1-3H3,(H,24,28)(H,25,26,29). The smallest absolute Gasteiger partial charge is 0.257 e. The molecule has 0 aliphatic heterocycles. The minimum atomic E-state index is -0.361. The SMILES string of the molecule is CCCCc1ccc(NC(=O)CSc2nnc(NC(=O)c3cc(OC)cc(OC)c3)s2)cc1. The second kappa shape index (κ2) is 12.2. The van der Waals surface area contributed by atoms with Crippen LogP contribution in [0.25, 0.3) is 0 Å². The normalized spacial score (nSPS) is 10.5. The molecule has 0 radical (unpaired) electrons. The van der Waals surface area contributed by atoms with E-state index in [4.69, 9.17) is 9.47 Å². The van der Waals surface area contributed by atoms with Gasteiger partial charge in [-0.05, 0) is 42.7 Å². The number of carbonyl (C=O) groups excluding carboxylic acids is 2. The van der Waals surface area contributed by atoms with E-state index in [9.17, 15) is 9.59 Å². The maximum absolute atomic E-state index is 12.6. The zero-order valence-corrected chi connectivity index (χ0v) is 20.3. The number of rotatable bonds is 11. The molecule has 174 valence electrons. The monoisotopic (exact) mass is 486 g/mol. The summed E-state index contributed by atoms with van der Waals surface area (Å²) in [6.07, 6.45) is 3.35. The Kier molecular flexibility index (Phi) is 9.08. The summed E-state index contributed by atoms with van der Waals surface area (Å²) in [5.74, 6) is 0.711. The van der Waals surface area contributed by atoms with Crippen molar-refractivity contribution in [2.24, 2.45) is 0 Å². The van der Waals surface area contributed by atoms with Gasteiger partial charge in [-0.15, -0.1) is 10.2 Å². The van der Waals surface area contributed by atoms with Crippen molar-refractivity contribution in [3.63, 3.8) is 0 Å². The second-order valence-corrected chi connectivity index (χ2v) is 9.27. The number of carbonyl (C=O) groups is 2. The van der Waals surface area contributed by atoms with Gasteiger partial charge in [0.2, 0.25) is 11.0 Å². The second-order valence-electron chi connectivity index (χ2n) is 7.07. The molecule has 0 unspecified atom stereocenters. The minimum absolute atomic E-state index is 0.134. The molecule has 0 fully saturated rings. The first-order valence-corrected chi connectivity index (χ1v) is 12.2. The molecule has 0 spiro atoms. The molecule has 0 bridgehead atoms. The molecule has 2 N–H and O–H groups in total. The Morgan fingerprint density at radius 3 is 2.33 bits per heavy atom. The highest BCUT2D eigenvalue weighted by molar-refractivity contribution is 8.01. The molecular weight excluding hydrogens is 460 g/mol. The fourth-order valence-electron chi connectivity index (χ4n) is 2.89. The third-order valence-electron chi connectivity index (χ3n) is 4.62. The fraction of sp³-hybridized carbons (Fsp3) is 0.304. The van der Waals surface area contributed by atoms with E-state index >= 15 is 0 Å². The van der Waals surface area contributed by atoms with Crippen LogP contribution >= 0.6 is 23.1 Å². The zero-order valence-electron chi connectivity index (χ0n) is 18.7. The first-order valence-electron chi connectivity index (χ1n) is 10.4. The first kappa shape index (κ1) is 24.5. The lowest BCUT2D eigenvalue weighted by Crippen LogP contribution is -2.13.